The minimum Gasteiger partial charge on any atom is -0.318 e. The van der Waals surface area contributed by atoms with Crippen LogP contribution in [0.15, 0.2) is 54.6 Å². The van der Waals surface area contributed by atoms with Gasteiger partial charge in [-0.25, -0.2) is 0 Å². The van der Waals surface area contributed by atoms with Crippen LogP contribution in [0.4, 0.5) is 0 Å². The SMILES string of the molecule is Cc1cc(/C=C(/C#N)c2cccc(Cl)c2)c(C)n1-c1cccc(Cl)c1. The molecule has 0 saturated carbocycles. The second-order valence-corrected chi connectivity index (χ2v) is 6.69. The van der Waals surface area contributed by atoms with Crippen LogP contribution in [-0.4, -0.2) is 4.57 Å². The number of benzene rings is 2. The molecule has 0 fully saturated rings. The summed E-state index contributed by atoms with van der Waals surface area (Å²) in [5, 5.41) is 10.9. The third-order valence-electron chi connectivity index (χ3n) is 4.09. The van der Waals surface area contributed by atoms with E-state index in [9.17, 15) is 5.26 Å². The first-order chi connectivity index (χ1) is 12.0. The van der Waals surface area contributed by atoms with Gasteiger partial charge in [0, 0.05) is 27.1 Å². The molecule has 0 aliphatic heterocycles. The number of allylic oxidation sites excluding steroid dienone is 1. The highest BCUT2D eigenvalue weighted by Gasteiger charge is 2.11. The van der Waals surface area contributed by atoms with Crippen molar-refractivity contribution in [2.24, 2.45) is 0 Å². The van der Waals surface area contributed by atoms with Crippen molar-refractivity contribution in [3.63, 3.8) is 0 Å². The van der Waals surface area contributed by atoms with Crippen LogP contribution in [0.1, 0.15) is 22.5 Å². The molecule has 0 unspecified atom stereocenters. The van der Waals surface area contributed by atoms with E-state index in [1.807, 2.05) is 56.3 Å². The van der Waals surface area contributed by atoms with Gasteiger partial charge >= 0.3 is 0 Å². The Morgan fingerprint density at radius 1 is 1.00 bits per heavy atom. The van der Waals surface area contributed by atoms with Crippen molar-refractivity contribution in [2.45, 2.75) is 13.8 Å². The minimum atomic E-state index is 0.578. The van der Waals surface area contributed by atoms with Crippen LogP contribution < -0.4 is 0 Å². The molecule has 2 aromatic carbocycles. The summed E-state index contributed by atoms with van der Waals surface area (Å²) >= 11 is 12.2. The molecule has 25 heavy (non-hydrogen) atoms. The third kappa shape index (κ3) is 3.64. The number of hydrogen-bond acceptors (Lipinski definition) is 1. The van der Waals surface area contributed by atoms with Gasteiger partial charge in [0.05, 0.1) is 11.6 Å². The lowest BCUT2D eigenvalue weighted by Gasteiger charge is -2.10. The zero-order valence-electron chi connectivity index (χ0n) is 13.9. The van der Waals surface area contributed by atoms with E-state index in [1.54, 1.807) is 12.1 Å². The molecular formula is C21H16Cl2N2. The molecule has 3 rings (SSSR count). The summed E-state index contributed by atoms with van der Waals surface area (Å²) < 4.78 is 2.13. The fraction of sp³-hybridized carbons (Fsp3) is 0.0952. The van der Waals surface area contributed by atoms with E-state index >= 15 is 0 Å². The first kappa shape index (κ1) is 17.4. The predicted octanol–water partition coefficient (Wildman–Crippen LogP) is 6.47. The highest BCUT2D eigenvalue weighted by Crippen LogP contribution is 2.27. The van der Waals surface area contributed by atoms with Crippen LogP contribution in [-0.2, 0) is 0 Å². The molecule has 4 heteroatoms. The Bertz CT molecular complexity index is 1010. The van der Waals surface area contributed by atoms with Crippen molar-refractivity contribution in [1.82, 2.24) is 4.57 Å². The highest BCUT2D eigenvalue weighted by atomic mass is 35.5. The molecule has 2 nitrogen and oxygen atoms in total. The van der Waals surface area contributed by atoms with Gasteiger partial charge in [-0.05, 0) is 67.4 Å². The van der Waals surface area contributed by atoms with Gasteiger partial charge in [0.25, 0.3) is 0 Å². The number of aryl methyl sites for hydroxylation is 1. The lowest BCUT2D eigenvalue weighted by atomic mass is 10.0. The van der Waals surface area contributed by atoms with E-state index in [4.69, 9.17) is 23.2 Å². The Kier molecular flexibility index (Phi) is 4.99. The van der Waals surface area contributed by atoms with Gasteiger partial charge < -0.3 is 4.57 Å². The molecule has 3 aromatic rings. The first-order valence-electron chi connectivity index (χ1n) is 7.82. The van der Waals surface area contributed by atoms with E-state index in [2.05, 4.69) is 16.7 Å². The van der Waals surface area contributed by atoms with Crippen molar-refractivity contribution in [3.05, 3.63) is 87.2 Å². The molecule has 0 radical (unpaired) electrons. The molecule has 0 spiro atoms. The molecule has 0 bridgehead atoms. The zero-order chi connectivity index (χ0) is 18.0. The quantitative estimate of drug-likeness (QED) is 0.488. The Morgan fingerprint density at radius 2 is 1.68 bits per heavy atom. The first-order valence-corrected chi connectivity index (χ1v) is 8.58. The van der Waals surface area contributed by atoms with E-state index in [1.165, 1.54) is 0 Å². The van der Waals surface area contributed by atoms with Crippen molar-refractivity contribution >= 4 is 34.9 Å². The summed E-state index contributed by atoms with van der Waals surface area (Å²) in [4.78, 5) is 0. The van der Waals surface area contributed by atoms with Gasteiger partial charge in [0.2, 0.25) is 0 Å². The van der Waals surface area contributed by atoms with Gasteiger partial charge in [-0.1, -0.05) is 41.4 Å². The summed E-state index contributed by atoms with van der Waals surface area (Å²) in [7, 11) is 0. The molecule has 0 atom stereocenters. The maximum atomic E-state index is 9.57. The molecular weight excluding hydrogens is 351 g/mol. The monoisotopic (exact) mass is 366 g/mol. The largest absolute Gasteiger partial charge is 0.318 e. The summed E-state index contributed by atoms with van der Waals surface area (Å²) in [6.07, 6.45) is 1.90. The van der Waals surface area contributed by atoms with E-state index in [-0.39, 0.29) is 0 Å². The van der Waals surface area contributed by atoms with Crippen molar-refractivity contribution in [2.75, 3.05) is 0 Å². The molecule has 0 aliphatic rings. The molecule has 0 aliphatic carbocycles. The smallest absolute Gasteiger partial charge is 0.0998 e. The minimum absolute atomic E-state index is 0.578. The van der Waals surface area contributed by atoms with Crippen LogP contribution in [0.5, 0.6) is 0 Å². The summed E-state index contributed by atoms with van der Waals surface area (Å²) in [6.45, 7) is 4.07. The Hall–Kier alpha value is -2.47. The van der Waals surface area contributed by atoms with Crippen LogP contribution in [0, 0.1) is 25.2 Å². The van der Waals surface area contributed by atoms with Gasteiger partial charge in [0.15, 0.2) is 0 Å². The highest BCUT2D eigenvalue weighted by molar-refractivity contribution is 6.31. The average molecular weight is 367 g/mol. The van der Waals surface area contributed by atoms with Crippen molar-refractivity contribution in [1.29, 1.82) is 5.26 Å². The Morgan fingerprint density at radius 3 is 2.32 bits per heavy atom. The normalized spacial score (nSPS) is 11.4. The molecule has 124 valence electrons. The molecule has 0 amide bonds. The second kappa shape index (κ2) is 7.19. The number of halogens is 2. The lowest BCUT2D eigenvalue weighted by molar-refractivity contribution is 0.965. The Balaban J connectivity index is 2.10. The molecule has 1 aromatic heterocycles. The van der Waals surface area contributed by atoms with E-state index in [0.29, 0.717) is 15.6 Å². The van der Waals surface area contributed by atoms with Crippen LogP contribution in [0.25, 0.3) is 17.3 Å². The summed E-state index contributed by atoms with van der Waals surface area (Å²) in [6, 6.07) is 19.4. The van der Waals surface area contributed by atoms with E-state index < -0.39 is 0 Å². The topological polar surface area (TPSA) is 28.7 Å². The van der Waals surface area contributed by atoms with Gasteiger partial charge in [-0.15, -0.1) is 0 Å². The van der Waals surface area contributed by atoms with Crippen molar-refractivity contribution < 1.29 is 0 Å². The molecule has 0 N–H and O–H groups in total. The predicted molar refractivity (Wildman–Crippen MR) is 105 cm³/mol. The number of rotatable bonds is 3. The number of nitrogens with zero attached hydrogens (tertiary/aromatic N) is 2. The van der Waals surface area contributed by atoms with Crippen LogP contribution in [0.3, 0.4) is 0 Å². The maximum Gasteiger partial charge on any atom is 0.0998 e. The zero-order valence-corrected chi connectivity index (χ0v) is 15.4. The third-order valence-corrected chi connectivity index (χ3v) is 4.56. The number of hydrogen-bond donors (Lipinski definition) is 0. The van der Waals surface area contributed by atoms with Gasteiger partial charge in [-0.2, -0.15) is 5.26 Å². The summed E-state index contributed by atoms with van der Waals surface area (Å²) in [5.41, 5.74) is 5.51. The van der Waals surface area contributed by atoms with Crippen LogP contribution >= 0.6 is 23.2 Å². The Labute approximate surface area is 157 Å². The molecule has 0 saturated heterocycles. The van der Waals surface area contributed by atoms with Crippen LogP contribution in [0.2, 0.25) is 10.0 Å². The average Bonchev–Trinajstić information content (AvgIpc) is 2.86. The molecule has 1 heterocycles. The fourth-order valence-corrected chi connectivity index (χ4v) is 3.31. The number of aromatic nitrogens is 1. The van der Waals surface area contributed by atoms with Crippen molar-refractivity contribution in [3.8, 4) is 11.8 Å². The van der Waals surface area contributed by atoms with Gasteiger partial charge in [-0.3, -0.25) is 0 Å². The standard InChI is InChI=1S/C21H16Cl2N2/c1-14-9-17(10-18(13-24)16-5-3-6-19(22)11-16)15(2)25(14)21-8-4-7-20(23)12-21/h3-12H,1-2H3/b18-10-. The maximum absolute atomic E-state index is 9.57. The fourth-order valence-electron chi connectivity index (χ4n) is 2.94. The lowest BCUT2D eigenvalue weighted by Crippen LogP contribution is -1.98. The van der Waals surface area contributed by atoms with Gasteiger partial charge in [0.1, 0.15) is 0 Å². The summed E-state index contributed by atoms with van der Waals surface area (Å²) in [5.74, 6) is 0. The van der Waals surface area contributed by atoms with E-state index in [0.717, 1.165) is 28.2 Å². The number of nitriles is 1. The second-order valence-electron chi connectivity index (χ2n) is 5.82.